The minimum Gasteiger partial charge on any atom is -0.504 e. The van der Waals surface area contributed by atoms with E-state index in [2.05, 4.69) is 5.32 Å². The Hall–Kier alpha value is -2.79. The van der Waals surface area contributed by atoms with Crippen molar-refractivity contribution in [2.24, 2.45) is 5.92 Å². The number of phenolic OH excluding ortho intramolecular Hbond substituents is 2. The smallest absolute Gasteiger partial charge is 0.437 e. The number of hydrogen-bond acceptors (Lipinski definition) is 6. The number of urea groups is 1. The first-order valence-corrected chi connectivity index (χ1v) is 8.40. The highest BCUT2D eigenvalue weighted by Crippen LogP contribution is 2.45. The van der Waals surface area contributed by atoms with E-state index in [9.17, 15) is 38.1 Å². The van der Waals surface area contributed by atoms with Crippen molar-refractivity contribution >= 4 is 23.2 Å². The lowest BCUT2D eigenvalue weighted by atomic mass is 9.78. The number of nitrogens with one attached hydrogen (secondary N) is 2. The van der Waals surface area contributed by atoms with E-state index in [0.29, 0.717) is 0 Å². The van der Waals surface area contributed by atoms with E-state index in [-0.39, 0.29) is 10.4 Å². The van der Waals surface area contributed by atoms with Gasteiger partial charge in [0.15, 0.2) is 17.3 Å². The first-order chi connectivity index (χ1) is 12.5. The summed E-state index contributed by atoms with van der Waals surface area (Å²) in [6, 6.07) is 2.84. The van der Waals surface area contributed by atoms with Gasteiger partial charge in [0.05, 0.1) is 10.9 Å². The average Bonchev–Trinajstić information content (AvgIpc) is 3.09. The van der Waals surface area contributed by atoms with Gasteiger partial charge in [0.25, 0.3) is 0 Å². The molecule has 0 radical (unpaired) electrons. The van der Waals surface area contributed by atoms with Gasteiger partial charge in [0.1, 0.15) is 5.92 Å². The zero-order valence-corrected chi connectivity index (χ0v) is 14.1. The van der Waals surface area contributed by atoms with Crippen molar-refractivity contribution in [1.82, 2.24) is 10.6 Å². The molecule has 2 heterocycles. The summed E-state index contributed by atoms with van der Waals surface area (Å²) in [6.07, 6.45) is -5.36. The maximum atomic E-state index is 13.7. The molecule has 2 amide bonds. The van der Waals surface area contributed by atoms with E-state index in [1.54, 1.807) is 0 Å². The second-order valence-electron chi connectivity index (χ2n) is 5.91. The molecule has 144 valence electrons. The number of Topliss-reactive ketones (excluding diaryl/α,β-unsaturated/α-hetero) is 1. The largest absolute Gasteiger partial charge is 0.504 e. The molecule has 1 aromatic heterocycles. The Balaban J connectivity index is 2.17. The number of alkyl halides is 3. The van der Waals surface area contributed by atoms with Crippen molar-refractivity contribution < 1.29 is 38.1 Å². The predicted octanol–water partition coefficient (Wildman–Crippen LogP) is 2.26. The van der Waals surface area contributed by atoms with Crippen LogP contribution in [-0.4, -0.2) is 39.0 Å². The lowest BCUT2D eigenvalue weighted by Gasteiger charge is -2.44. The molecule has 1 saturated heterocycles. The lowest BCUT2D eigenvalue weighted by molar-refractivity contribution is -0.287. The van der Waals surface area contributed by atoms with Gasteiger partial charge in [-0.2, -0.15) is 13.2 Å². The highest BCUT2D eigenvalue weighted by molar-refractivity contribution is 7.12. The van der Waals surface area contributed by atoms with Crippen LogP contribution in [0.4, 0.5) is 18.0 Å². The minimum absolute atomic E-state index is 0.0476. The van der Waals surface area contributed by atoms with Crippen LogP contribution in [0, 0.1) is 5.92 Å². The Kier molecular flexibility index (Phi) is 4.52. The molecule has 1 aliphatic heterocycles. The fourth-order valence-corrected chi connectivity index (χ4v) is 3.63. The van der Waals surface area contributed by atoms with Gasteiger partial charge >= 0.3 is 12.2 Å². The summed E-state index contributed by atoms with van der Waals surface area (Å²) in [5.74, 6) is -4.42. The van der Waals surface area contributed by atoms with Crippen LogP contribution in [0.2, 0.25) is 0 Å². The molecule has 0 saturated carbocycles. The molecule has 27 heavy (non-hydrogen) atoms. The number of benzene rings is 1. The van der Waals surface area contributed by atoms with Crippen molar-refractivity contribution in [3.05, 3.63) is 46.2 Å². The summed E-state index contributed by atoms with van der Waals surface area (Å²) >= 11 is 0.882. The van der Waals surface area contributed by atoms with Crippen LogP contribution in [-0.2, 0) is 0 Å². The summed E-state index contributed by atoms with van der Waals surface area (Å²) in [5.41, 5.74) is -3.94. The van der Waals surface area contributed by atoms with Crippen LogP contribution in [0.25, 0.3) is 0 Å². The van der Waals surface area contributed by atoms with E-state index in [1.165, 1.54) is 22.8 Å². The fraction of sp³-hybridized carbons (Fsp3) is 0.250. The number of rotatable bonds is 3. The lowest BCUT2D eigenvalue weighted by Crippen LogP contribution is -2.72. The molecular formula is C16H13F3N2O5S. The Morgan fingerprint density at radius 1 is 1.19 bits per heavy atom. The Bertz CT molecular complexity index is 887. The number of carbonyl (C=O) groups excluding carboxylic acids is 2. The summed E-state index contributed by atoms with van der Waals surface area (Å²) in [5, 5.41) is 34.5. The second-order valence-corrected chi connectivity index (χ2v) is 6.86. The number of aliphatic hydroxyl groups is 1. The predicted molar refractivity (Wildman–Crippen MR) is 87.3 cm³/mol. The zero-order chi connectivity index (χ0) is 20.0. The molecule has 3 atom stereocenters. The van der Waals surface area contributed by atoms with E-state index < -0.39 is 47.2 Å². The standard InChI is InChI=1S/C16H13F3N2O5S/c17-16(18,19)15(26)11(13(24)10-2-1-5-27-10)12(20-14(25)21-15)7-3-4-8(22)9(23)6-7/h1-6,11-12,22-23,26H,(H2,20,21,25). The first-order valence-electron chi connectivity index (χ1n) is 7.52. The van der Waals surface area contributed by atoms with Gasteiger partial charge in [0, 0.05) is 0 Å². The summed E-state index contributed by atoms with van der Waals surface area (Å²) < 4.78 is 41.0. The van der Waals surface area contributed by atoms with Gasteiger partial charge in [-0.05, 0) is 29.1 Å². The molecule has 1 aromatic carbocycles. The fourth-order valence-electron chi connectivity index (χ4n) is 2.92. The highest BCUT2D eigenvalue weighted by Gasteiger charge is 2.66. The van der Waals surface area contributed by atoms with Gasteiger partial charge in [-0.3, -0.25) is 4.79 Å². The number of halogens is 3. The van der Waals surface area contributed by atoms with Gasteiger partial charge in [0.2, 0.25) is 5.72 Å². The number of hydrogen-bond donors (Lipinski definition) is 5. The zero-order valence-electron chi connectivity index (χ0n) is 13.3. The maximum absolute atomic E-state index is 13.7. The molecular weight excluding hydrogens is 389 g/mol. The normalized spacial score (nSPS) is 25.6. The van der Waals surface area contributed by atoms with Crippen LogP contribution >= 0.6 is 11.3 Å². The van der Waals surface area contributed by atoms with Crippen LogP contribution in [0.3, 0.4) is 0 Å². The van der Waals surface area contributed by atoms with Crippen LogP contribution in [0.1, 0.15) is 21.3 Å². The first kappa shape index (κ1) is 19.0. The van der Waals surface area contributed by atoms with Gasteiger partial charge in [-0.25, -0.2) is 4.79 Å². The van der Waals surface area contributed by atoms with E-state index in [4.69, 9.17) is 0 Å². The second kappa shape index (κ2) is 6.43. The van der Waals surface area contributed by atoms with Crippen molar-refractivity contribution in [2.45, 2.75) is 17.9 Å². The summed E-state index contributed by atoms with van der Waals surface area (Å²) in [6.45, 7) is 0. The van der Waals surface area contributed by atoms with Crippen LogP contribution in [0.5, 0.6) is 11.5 Å². The molecule has 0 bridgehead atoms. The number of ketones is 1. The third kappa shape index (κ3) is 3.19. The van der Waals surface area contributed by atoms with Crippen molar-refractivity contribution in [1.29, 1.82) is 0 Å². The van der Waals surface area contributed by atoms with E-state index in [0.717, 1.165) is 29.5 Å². The van der Waals surface area contributed by atoms with Gasteiger partial charge < -0.3 is 26.0 Å². The topological polar surface area (TPSA) is 119 Å². The molecule has 3 unspecified atom stereocenters. The third-order valence-electron chi connectivity index (χ3n) is 4.21. The SMILES string of the molecule is O=C1NC(c2ccc(O)c(O)c2)C(C(=O)c2cccs2)C(O)(C(F)(F)F)N1. The van der Waals surface area contributed by atoms with E-state index in [1.807, 2.05) is 0 Å². The summed E-state index contributed by atoms with van der Waals surface area (Å²) in [7, 11) is 0. The Labute approximate surface area is 154 Å². The quantitative estimate of drug-likeness (QED) is 0.399. The molecule has 1 fully saturated rings. The Morgan fingerprint density at radius 2 is 1.89 bits per heavy atom. The Morgan fingerprint density at radius 3 is 2.44 bits per heavy atom. The third-order valence-corrected chi connectivity index (χ3v) is 5.10. The van der Waals surface area contributed by atoms with Crippen molar-refractivity contribution in [3.8, 4) is 11.5 Å². The van der Waals surface area contributed by atoms with Crippen molar-refractivity contribution in [3.63, 3.8) is 0 Å². The molecule has 0 aliphatic carbocycles. The van der Waals surface area contributed by atoms with Gasteiger partial charge in [-0.1, -0.05) is 12.1 Å². The number of thiophene rings is 1. The molecule has 11 heteroatoms. The maximum Gasteiger partial charge on any atom is 0.437 e. The molecule has 7 nitrogen and oxygen atoms in total. The van der Waals surface area contributed by atoms with Crippen LogP contribution in [0.15, 0.2) is 35.7 Å². The molecule has 3 rings (SSSR count). The number of aromatic hydroxyl groups is 2. The number of carbonyl (C=O) groups is 2. The minimum atomic E-state index is -5.36. The average molecular weight is 402 g/mol. The highest BCUT2D eigenvalue weighted by atomic mass is 32.1. The molecule has 5 N–H and O–H groups in total. The van der Waals surface area contributed by atoms with Crippen molar-refractivity contribution in [2.75, 3.05) is 0 Å². The van der Waals surface area contributed by atoms with Crippen LogP contribution < -0.4 is 10.6 Å². The van der Waals surface area contributed by atoms with Gasteiger partial charge in [-0.15, -0.1) is 11.3 Å². The molecule has 1 aliphatic rings. The number of phenols is 2. The monoisotopic (exact) mass is 402 g/mol. The molecule has 2 aromatic rings. The number of amides is 2. The summed E-state index contributed by atoms with van der Waals surface area (Å²) in [4.78, 5) is 24.6. The molecule has 0 spiro atoms. The van der Waals surface area contributed by atoms with E-state index >= 15 is 0 Å².